The van der Waals surface area contributed by atoms with Crippen molar-refractivity contribution in [2.75, 3.05) is 0 Å². The first-order chi connectivity index (χ1) is 10.3. The quantitative estimate of drug-likeness (QED) is 0.460. The van der Waals surface area contributed by atoms with E-state index in [-0.39, 0.29) is 0 Å². The van der Waals surface area contributed by atoms with Crippen molar-refractivity contribution in [1.29, 1.82) is 0 Å². The maximum atomic E-state index is 6.12. The van der Waals surface area contributed by atoms with Crippen molar-refractivity contribution in [2.24, 2.45) is 0 Å². The molecule has 2 aromatic carbocycles. The summed E-state index contributed by atoms with van der Waals surface area (Å²) < 4.78 is 3.46. The molecule has 0 saturated heterocycles. The molecule has 0 N–H and O–H groups in total. The van der Waals surface area contributed by atoms with Crippen molar-refractivity contribution in [1.82, 2.24) is 9.55 Å². The van der Waals surface area contributed by atoms with E-state index in [1.54, 1.807) is 11.3 Å². The van der Waals surface area contributed by atoms with Gasteiger partial charge in [-0.15, -0.1) is 22.9 Å². The van der Waals surface area contributed by atoms with Gasteiger partial charge in [0, 0.05) is 10.4 Å². The molecule has 4 rings (SSSR count). The molecule has 2 nitrogen and oxygen atoms in total. The molecule has 0 aliphatic rings. The van der Waals surface area contributed by atoms with Crippen LogP contribution in [0.15, 0.2) is 47.8 Å². The minimum absolute atomic E-state index is 0.399. The Morgan fingerprint density at radius 2 is 2.10 bits per heavy atom. The highest BCUT2D eigenvalue weighted by Crippen LogP contribution is 2.28. The minimum atomic E-state index is 0.399. The Kier molecular flexibility index (Phi) is 2.98. The van der Waals surface area contributed by atoms with Gasteiger partial charge in [0.1, 0.15) is 5.82 Å². The van der Waals surface area contributed by atoms with Crippen molar-refractivity contribution in [2.45, 2.75) is 12.8 Å². The predicted octanol–water partition coefficient (Wildman–Crippen LogP) is 5.29. The lowest BCUT2D eigenvalue weighted by molar-refractivity contribution is 0.984. The zero-order valence-corrected chi connectivity index (χ0v) is 13.1. The lowest BCUT2D eigenvalue weighted by Crippen LogP contribution is -1.98. The number of fused-ring (bicyclic) bond motifs is 2. The number of hydrogen-bond acceptors (Lipinski definition) is 2. The van der Waals surface area contributed by atoms with E-state index in [1.165, 1.54) is 15.6 Å². The Labute approximate surface area is 131 Å². The Morgan fingerprint density at radius 1 is 1.19 bits per heavy atom. The van der Waals surface area contributed by atoms with E-state index in [0.717, 1.165) is 22.5 Å². The van der Waals surface area contributed by atoms with Crippen LogP contribution in [0.2, 0.25) is 0 Å². The highest BCUT2D eigenvalue weighted by atomic mass is 35.5. The highest BCUT2D eigenvalue weighted by Gasteiger charge is 2.13. The molecule has 0 bridgehead atoms. The third kappa shape index (κ3) is 1.96. The molecule has 2 aromatic heterocycles. The van der Waals surface area contributed by atoms with Crippen LogP contribution in [0.3, 0.4) is 0 Å². The third-order valence-electron chi connectivity index (χ3n) is 3.77. The van der Waals surface area contributed by atoms with Gasteiger partial charge in [0.05, 0.1) is 16.9 Å². The fraction of sp³-hybridized carbons (Fsp3) is 0.118. The second-order valence-electron chi connectivity index (χ2n) is 5.08. The van der Waals surface area contributed by atoms with E-state index in [9.17, 15) is 0 Å². The van der Waals surface area contributed by atoms with Crippen LogP contribution in [0.4, 0.5) is 0 Å². The summed E-state index contributed by atoms with van der Waals surface area (Å²) in [6.45, 7) is 2.08. The Balaban J connectivity index is 2.06. The average Bonchev–Trinajstić information content (AvgIpc) is 3.10. The largest absolute Gasteiger partial charge is 0.295 e. The van der Waals surface area contributed by atoms with Crippen LogP contribution in [-0.2, 0) is 5.88 Å². The van der Waals surface area contributed by atoms with Crippen LogP contribution in [0.1, 0.15) is 11.4 Å². The van der Waals surface area contributed by atoms with Crippen molar-refractivity contribution in [3.63, 3.8) is 0 Å². The maximum absolute atomic E-state index is 6.12. The molecule has 0 amide bonds. The third-order valence-corrected chi connectivity index (χ3v) is 4.91. The van der Waals surface area contributed by atoms with Crippen molar-refractivity contribution in [3.8, 4) is 5.69 Å². The summed E-state index contributed by atoms with van der Waals surface area (Å²) in [5.41, 5.74) is 4.43. The van der Waals surface area contributed by atoms with Gasteiger partial charge in [-0.25, -0.2) is 4.98 Å². The van der Waals surface area contributed by atoms with Gasteiger partial charge in [-0.05, 0) is 53.6 Å². The number of halogens is 1. The summed E-state index contributed by atoms with van der Waals surface area (Å²) in [5.74, 6) is 1.28. The molecule has 104 valence electrons. The van der Waals surface area contributed by atoms with Crippen LogP contribution in [0.25, 0.3) is 26.8 Å². The van der Waals surface area contributed by atoms with Crippen LogP contribution in [0.5, 0.6) is 0 Å². The zero-order chi connectivity index (χ0) is 14.4. The molecular formula is C17H13ClN2S. The fourth-order valence-electron chi connectivity index (χ4n) is 2.76. The molecule has 0 atom stereocenters. The molecule has 0 radical (unpaired) electrons. The van der Waals surface area contributed by atoms with Crippen LogP contribution in [0, 0.1) is 6.92 Å². The zero-order valence-electron chi connectivity index (χ0n) is 11.5. The number of aromatic nitrogens is 2. The van der Waals surface area contributed by atoms with Crippen molar-refractivity contribution < 1.29 is 0 Å². The van der Waals surface area contributed by atoms with Gasteiger partial charge in [0.15, 0.2) is 0 Å². The molecule has 21 heavy (non-hydrogen) atoms. The Morgan fingerprint density at radius 3 is 2.95 bits per heavy atom. The van der Waals surface area contributed by atoms with Gasteiger partial charge in [0.25, 0.3) is 0 Å². The molecule has 0 unspecified atom stereocenters. The van der Waals surface area contributed by atoms with Crippen LogP contribution in [-0.4, -0.2) is 9.55 Å². The van der Waals surface area contributed by atoms with Gasteiger partial charge < -0.3 is 0 Å². The van der Waals surface area contributed by atoms with Crippen molar-refractivity contribution >= 4 is 44.1 Å². The molecule has 4 heteroatoms. The average molecular weight is 313 g/mol. The number of aryl methyl sites for hydroxylation is 1. The number of para-hydroxylation sites is 1. The number of hydrogen-bond donors (Lipinski definition) is 0. The first-order valence-electron chi connectivity index (χ1n) is 6.78. The van der Waals surface area contributed by atoms with Crippen LogP contribution >= 0.6 is 22.9 Å². The summed E-state index contributed by atoms with van der Waals surface area (Å²) in [7, 11) is 0. The molecule has 2 heterocycles. The van der Waals surface area contributed by atoms with E-state index in [4.69, 9.17) is 16.6 Å². The van der Waals surface area contributed by atoms with E-state index in [1.807, 2.05) is 0 Å². The number of imidazole rings is 1. The number of thiophene rings is 1. The molecule has 0 fully saturated rings. The maximum Gasteiger partial charge on any atom is 0.129 e. The van der Waals surface area contributed by atoms with E-state index in [0.29, 0.717) is 5.88 Å². The normalized spacial score (nSPS) is 11.5. The van der Waals surface area contributed by atoms with Gasteiger partial charge in [-0.3, -0.25) is 4.57 Å². The van der Waals surface area contributed by atoms with Gasteiger partial charge >= 0.3 is 0 Å². The SMILES string of the molecule is Cc1cccc2c1nc(CCl)n2-c1ccc2sccc2c1. The molecular weight excluding hydrogens is 300 g/mol. The summed E-state index contributed by atoms with van der Waals surface area (Å²) in [6, 6.07) is 14.9. The summed E-state index contributed by atoms with van der Waals surface area (Å²) in [5, 5.41) is 3.38. The summed E-state index contributed by atoms with van der Waals surface area (Å²) in [4.78, 5) is 4.71. The fourth-order valence-corrected chi connectivity index (χ4v) is 3.71. The summed E-state index contributed by atoms with van der Waals surface area (Å²) in [6.07, 6.45) is 0. The molecule has 4 aromatic rings. The number of rotatable bonds is 2. The Bertz CT molecular complexity index is 952. The second-order valence-corrected chi connectivity index (χ2v) is 6.30. The van der Waals surface area contributed by atoms with Crippen molar-refractivity contribution in [3.05, 3.63) is 59.2 Å². The monoisotopic (exact) mass is 312 g/mol. The lowest BCUT2D eigenvalue weighted by atomic mass is 10.2. The van der Waals surface area contributed by atoms with E-state index < -0.39 is 0 Å². The van der Waals surface area contributed by atoms with E-state index >= 15 is 0 Å². The Hall–Kier alpha value is -1.84. The number of alkyl halides is 1. The second kappa shape index (κ2) is 4.86. The van der Waals surface area contributed by atoms with E-state index in [2.05, 4.69) is 59.3 Å². The first kappa shape index (κ1) is 12.9. The lowest BCUT2D eigenvalue weighted by Gasteiger charge is -2.08. The first-order valence-corrected chi connectivity index (χ1v) is 8.20. The molecule has 0 aliphatic carbocycles. The predicted molar refractivity (Wildman–Crippen MR) is 90.7 cm³/mol. The molecule has 0 saturated carbocycles. The topological polar surface area (TPSA) is 17.8 Å². The smallest absolute Gasteiger partial charge is 0.129 e. The van der Waals surface area contributed by atoms with Gasteiger partial charge in [-0.2, -0.15) is 0 Å². The molecule has 0 spiro atoms. The number of benzene rings is 2. The number of nitrogens with zero attached hydrogens (tertiary/aromatic N) is 2. The summed E-state index contributed by atoms with van der Waals surface area (Å²) >= 11 is 7.88. The minimum Gasteiger partial charge on any atom is -0.295 e. The highest BCUT2D eigenvalue weighted by molar-refractivity contribution is 7.17. The standard InChI is InChI=1S/C17H13ClN2S/c1-11-3-2-4-14-17(11)19-16(10-18)20(14)13-5-6-15-12(9-13)7-8-21-15/h2-9H,10H2,1H3. The molecule has 0 aliphatic heterocycles. The van der Waals surface area contributed by atoms with Crippen LogP contribution < -0.4 is 0 Å². The van der Waals surface area contributed by atoms with Gasteiger partial charge in [0.2, 0.25) is 0 Å². The van der Waals surface area contributed by atoms with Gasteiger partial charge in [-0.1, -0.05) is 12.1 Å².